The number of sulfonamides is 1. The van der Waals surface area contributed by atoms with Crippen molar-refractivity contribution in [1.29, 1.82) is 0 Å². The molecule has 0 amide bonds. The number of nitrogens with zero attached hydrogens (tertiary/aromatic N) is 3. The molecule has 0 spiro atoms. The van der Waals surface area contributed by atoms with E-state index in [2.05, 4.69) is 4.98 Å². The van der Waals surface area contributed by atoms with Gasteiger partial charge in [0.25, 0.3) is 0 Å². The highest BCUT2D eigenvalue weighted by molar-refractivity contribution is 7.89. The Morgan fingerprint density at radius 2 is 2.08 bits per heavy atom. The molecule has 3 rings (SSSR count). The van der Waals surface area contributed by atoms with Crippen molar-refractivity contribution in [2.24, 2.45) is 0 Å². The third kappa shape index (κ3) is 3.30. The monoisotopic (exact) mass is 379 g/mol. The zero-order valence-corrected chi connectivity index (χ0v) is 15.3. The number of carboxylic acids is 1. The van der Waals surface area contributed by atoms with Crippen LogP contribution in [-0.4, -0.2) is 40.4 Å². The molecule has 0 atom stereocenters. The second-order valence-corrected chi connectivity index (χ2v) is 8.65. The van der Waals surface area contributed by atoms with E-state index in [0.717, 1.165) is 10.2 Å². The lowest BCUT2D eigenvalue weighted by Crippen LogP contribution is -2.26. The maximum Gasteiger partial charge on any atom is 0.352 e. The molecule has 0 bridgehead atoms. The molecule has 3 aromatic rings. The Bertz CT molecular complexity index is 1000. The van der Waals surface area contributed by atoms with Gasteiger partial charge < -0.3 is 9.67 Å². The Hall–Kier alpha value is -2.23. The topological polar surface area (TPSA) is 92.5 Å². The van der Waals surface area contributed by atoms with Crippen molar-refractivity contribution in [2.45, 2.75) is 24.9 Å². The number of rotatable bonds is 6. The standard InChI is InChI=1S/C16H17N3O4S2/c1-3-19-9-11(8-13(19)16(20)21)25(22,23)18(2)10-15-17-12-6-4-5-7-14(12)24-15/h4-9H,3,10H2,1-2H3,(H,20,21). The van der Waals surface area contributed by atoms with Gasteiger partial charge in [-0.3, -0.25) is 0 Å². The lowest BCUT2D eigenvalue weighted by molar-refractivity contribution is 0.0685. The van der Waals surface area contributed by atoms with Crippen LogP contribution >= 0.6 is 11.3 Å². The van der Waals surface area contributed by atoms with E-state index in [1.165, 1.54) is 39.5 Å². The van der Waals surface area contributed by atoms with Gasteiger partial charge in [-0.25, -0.2) is 18.2 Å². The molecule has 7 nitrogen and oxygen atoms in total. The minimum atomic E-state index is -3.80. The number of aryl methyl sites for hydroxylation is 1. The van der Waals surface area contributed by atoms with Gasteiger partial charge in [0.05, 0.1) is 16.8 Å². The van der Waals surface area contributed by atoms with E-state index in [1.54, 1.807) is 6.92 Å². The van der Waals surface area contributed by atoms with Crippen LogP contribution in [0.2, 0.25) is 0 Å². The van der Waals surface area contributed by atoms with Crippen LogP contribution in [0, 0.1) is 0 Å². The summed E-state index contributed by atoms with van der Waals surface area (Å²) in [6.45, 7) is 2.26. The van der Waals surface area contributed by atoms with Gasteiger partial charge in [-0.1, -0.05) is 12.1 Å². The summed E-state index contributed by atoms with van der Waals surface area (Å²) in [7, 11) is -2.34. The summed E-state index contributed by atoms with van der Waals surface area (Å²) in [4.78, 5) is 15.7. The number of hydrogen-bond donors (Lipinski definition) is 1. The highest BCUT2D eigenvalue weighted by Gasteiger charge is 2.26. The molecule has 1 N–H and O–H groups in total. The number of thiazole rings is 1. The van der Waals surface area contributed by atoms with Crippen molar-refractivity contribution in [3.63, 3.8) is 0 Å². The molecule has 0 saturated heterocycles. The first kappa shape index (κ1) is 17.6. The minimum absolute atomic E-state index is 0.0321. The van der Waals surface area contributed by atoms with Gasteiger partial charge in [-0.2, -0.15) is 4.31 Å². The molecule has 1 aromatic carbocycles. The lowest BCUT2D eigenvalue weighted by Gasteiger charge is -2.14. The zero-order chi connectivity index (χ0) is 18.2. The third-order valence-corrected chi connectivity index (χ3v) is 6.63. The Kier molecular flexibility index (Phi) is 4.63. The molecule has 0 unspecified atom stereocenters. The number of fused-ring (bicyclic) bond motifs is 1. The average Bonchev–Trinajstić information content (AvgIpc) is 3.18. The molecule has 0 fully saturated rings. The molecule has 0 aliphatic heterocycles. The molecule has 132 valence electrons. The number of carbonyl (C=O) groups is 1. The molecule has 2 heterocycles. The molecular weight excluding hydrogens is 362 g/mol. The van der Waals surface area contributed by atoms with E-state index >= 15 is 0 Å². The van der Waals surface area contributed by atoms with Crippen LogP contribution < -0.4 is 0 Å². The van der Waals surface area contributed by atoms with Crippen LogP contribution in [0.1, 0.15) is 22.4 Å². The largest absolute Gasteiger partial charge is 0.477 e. The van der Waals surface area contributed by atoms with Crippen molar-refractivity contribution in [1.82, 2.24) is 13.9 Å². The van der Waals surface area contributed by atoms with E-state index in [-0.39, 0.29) is 17.1 Å². The van der Waals surface area contributed by atoms with E-state index in [4.69, 9.17) is 0 Å². The van der Waals surface area contributed by atoms with Gasteiger partial charge in [0.1, 0.15) is 15.6 Å². The second kappa shape index (κ2) is 6.58. The molecule has 0 aliphatic carbocycles. The van der Waals surface area contributed by atoms with Gasteiger partial charge in [-0.15, -0.1) is 11.3 Å². The number of benzene rings is 1. The van der Waals surface area contributed by atoms with Crippen LogP contribution in [-0.2, 0) is 23.1 Å². The summed E-state index contributed by atoms with van der Waals surface area (Å²) in [6, 6.07) is 8.80. The maximum absolute atomic E-state index is 12.8. The first-order valence-electron chi connectivity index (χ1n) is 7.57. The molecule has 2 aromatic heterocycles. The molecule has 25 heavy (non-hydrogen) atoms. The van der Waals surface area contributed by atoms with Gasteiger partial charge >= 0.3 is 5.97 Å². The Balaban J connectivity index is 1.89. The van der Waals surface area contributed by atoms with Crippen LogP contribution in [0.15, 0.2) is 41.4 Å². The fourth-order valence-corrected chi connectivity index (χ4v) is 4.78. The fraction of sp³-hybridized carbons (Fsp3) is 0.250. The first-order valence-corrected chi connectivity index (χ1v) is 9.83. The Morgan fingerprint density at radius 3 is 2.68 bits per heavy atom. The minimum Gasteiger partial charge on any atom is -0.477 e. The van der Waals surface area contributed by atoms with Gasteiger partial charge in [0.2, 0.25) is 10.0 Å². The SMILES string of the molecule is CCn1cc(S(=O)(=O)N(C)Cc2nc3ccccc3s2)cc1C(=O)O. The number of para-hydroxylation sites is 1. The Labute approximate surface area is 149 Å². The first-order chi connectivity index (χ1) is 11.8. The summed E-state index contributed by atoms with van der Waals surface area (Å²) in [5.41, 5.74) is 0.785. The summed E-state index contributed by atoms with van der Waals surface area (Å²) in [6.07, 6.45) is 1.35. The van der Waals surface area contributed by atoms with Crippen LogP contribution in [0.5, 0.6) is 0 Å². The van der Waals surface area contributed by atoms with E-state index in [1.807, 2.05) is 24.3 Å². The Morgan fingerprint density at radius 1 is 1.36 bits per heavy atom. The summed E-state index contributed by atoms with van der Waals surface area (Å²) in [5.74, 6) is -1.16. The fourth-order valence-electron chi connectivity index (χ4n) is 2.51. The highest BCUT2D eigenvalue weighted by atomic mass is 32.2. The van der Waals surface area contributed by atoms with Crippen LogP contribution in [0.3, 0.4) is 0 Å². The molecule has 0 radical (unpaired) electrons. The number of carboxylic acid groups (broad SMARTS) is 1. The van der Waals surface area contributed by atoms with E-state index < -0.39 is 16.0 Å². The normalized spacial score (nSPS) is 12.1. The van der Waals surface area contributed by atoms with Crippen LogP contribution in [0.25, 0.3) is 10.2 Å². The highest BCUT2D eigenvalue weighted by Crippen LogP contribution is 2.25. The molecule has 0 saturated carbocycles. The summed E-state index contributed by atoms with van der Waals surface area (Å²) < 4.78 is 29.1. The van der Waals surface area contributed by atoms with Crippen molar-refractivity contribution in [2.75, 3.05) is 7.05 Å². The average molecular weight is 379 g/mol. The second-order valence-electron chi connectivity index (χ2n) is 5.49. The smallest absolute Gasteiger partial charge is 0.352 e. The number of aromatic carboxylic acids is 1. The molecule has 0 aliphatic rings. The lowest BCUT2D eigenvalue weighted by atomic mass is 10.3. The van der Waals surface area contributed by atoms with Crippen LogP contribution in [0.4, 0.5) is 0 Å². The van der Waals surface area contributed by atoms with Gasteiger partial charge in [0.15, 0.2) is 0 Å². The quantitative estimate of drug-likeness (QED) is 0.711. The molecular formula is C16H17N3O4S2. The summed E-state index contributed by atoms with van der Waals surface area (Å²) in [5, 5.41) is 9.87. The van der Waals surface area contributed by atoms with Crippen molar-refractivity contribution >= 4 is 37.5 Å². The predicted octanol–water partition coefficient (Wildman–Crippen LogP) is 2.64. The van der Waals surface area contributed by atoms with Crippen molar-refractivity contribution in [3.8, 4) is 0 Å². The van der Waals surface area contributed by atoms with E-state index in [9.17, 15) is 18.3 Å². The summed E-state index contributed by atoms with van der Waals surface area (Å²) >= 11 is 1.44. The van der Waals surface area contributed by atoms with Crippen molar-refractivity contribution in [3.05, 3.63) is 47.2 Å². The van der Waals surface area contributed by atoms with Gasteiger partial charge in [-0.05, 0) is 25.1 Å². The zero-order valence-electron chi connectivity index (χ0n) is 13.7. The molecule has 9 heteroatoms. The van der Waals surface area contributed by atoms with Crippen molar-refractivity contribution < 1.29 is 18.3 Å². The third-order valence-electron chi connectivity index (χ3n) is 3.84. The maximum atomic E-state index is 12.8. The predicted molar refractivity (Wildman–Crippen MR) is 95.3 cm³/mol. The van der Waals surface area contributed by atoms with E-state index in [0.29, 0.717) is 11.6 Å². The number of hydrogen-bond acceptors (Lipinski definition) is 5. The van der Waals surface area contributed by atoms with Gasteiger partial charge in [0, 0.05) is 19.8 Å². The number of aromatic nitrogens is 2.